The van der Waals surface area contributed by atoms with E-state index in [2.05, 4.69) is 15.4 Å². The Hall–Kier alpha value is -3.63. The Kier molecular flexibility index (Phi) is 6.71. The third-order valence-electron chi connectivity index (χ3n) is 5.54. The van der Waals surface area contributed by atoms with Crippen molar-refractivity contribution in [2.24, 2.45) is 5.14 Å². The molecule has 4 rings (SSSR count). The lowest BCUT2D eigenvalue weighted by molar-refractivity contribution is -0.116. The van der Waals surface area contributed by atoms with Crippen molar-refractivity contribution in [2.45, 2.75) is 37.3 Å². The largest absolute Gasteiger partial charge is 0.345 e. The van der Waals surface area contributed by atoms with Crippen LogP contribution in [0.4, 0.5) is 4.39 Å². The Morgan fingerprint density at radius 3 is 2.71 bits per heavy atom. The Labute approximate surface area is 197 Å². The van der Waals surface area contributed by atoms with Crippen LogP contribution in [-0.2, 0) is 14.8 Å². The summed E-state index contributed by atoms with van der Waals surface area (Å²) in [5.74, 6) is -0.655. The molecule has 34 heavy (non-hydrogen) atoms. The number of primary sulfonamides is 1. The van der Waals surface area contributed by atoms with Gasteiger partial charge in [-0.2, -0.15) is 5.10 Å². The van der Waals surface area contributed by atoms with E-state index in [4.69, 9.17) is 5.14 Å². The molecule has 176 valence electrons. The van der Waals surface area contributed by atoms with E-state index < -0.39 is 16.1 Å². The Bertz CT molecular complexity index is 1380. The van der Waals surface area contributed by atoms with Crippen LogP contribution in [0.25, 0.3) is 17.3 Å². The summed E-state index contributed by atoms with van der Waals surface area (Å²) in [6.45, 7) is 1.88. The quantitative estimate of drug-likeness (QED) is 0.558. The maximum atomic E-state index is 13.4. The molecular weight excluding hydrogens is 457 g/mol. The number of carbonyl (C=O) groups is 1. The number of nitrogens with zero attached hydrogens (tertiary/aromatic N) is 3. The summed E-state index contributed by atoms with van der Waals surface area (Å²) in [6.07, 6.45) is 10.7. The number of carbonyl (C=O) groups excluding carboxylic acids is 1. The summed E-state index contributed by atoms with van der Waals surface area (Å²) in [7, 11) is -3.97. The fourth-order valence-corrected chi connectivity index (χ4v) is 4.32. The number of aromatic nitrogens is 3. The topological polar surface area (TPSA) is 120 Å². The van der Waals surface area contributed by atoms with Gasteiger partial charge in [0.2, 0.25) is 0 Å². The highest BCUT2D eigenvalue weighted by Crippen LogP contribution is 2.28. The van der Waals surface area contributed by atoms with Crippen LogP contribution in [0.15, 0.2) is 66.0 Å². The van der Waals surface area contributed by atoms with E-state index in [-0.39, 0.29) is 16.8 Å². The highest BCUT2D eigenvalue weighted by atomic mass is 32.2. The molecule has 1 aromatic carbocycles. The van der Waals surface area contributed by atoms with Gasteiger partial charge >= 0.3 is 0 Å². The standard InChI is InChI=1S/C24H24FN5O3S/c1-2-21(16-12-13-27-23(14-16)34(26,32)33)29-24(31)19-6-4-3-5-7-22-20(19)15-28-30(22)18-10-8-17(25)9-11-18/h5-15,21H,2-4H2,1H3,(H,29,31)(H2,26,32,33). The van der Waals surface area contributed by atoms with E-state index in [1.54, 1.807) is 29.1 Å². The highest BCUT2D eigenvalue weighted by Gasteiger charge is 2.23. The molecule has 2 aromatic heterocycles. The second-order valence-electron chi connectivity index (χ2n) is 7.84. The SMILES string of the molecule is CCC(NC(=O)C1=CCCC=Cc2c1cnn2-c1ccc(F)cc1)c1ccnc(S(N)(=O)=O)c1. The van der Waals surface area contributed by atoms with Gasteiger partial charge in [-0.15, -0.1) is 0 Å². The molecule has 0 spiro atoms. The van der Waals surface area contributed by atoms with Gasteiger partial charge < -0.3 is 5.32 Å². The van der Waals surface area contributed by atoms with E-state index in [1.165, 1.54) is 24.4 Å². The van der Waals surface area contributed by atoms with E-state index in [0.717, 1.165) is 6.42 Å². The number of benzene rings is 1. The Morgan fingerprint density at radius 2 is 2.00 bits per heavy atom. The predicted molar refractivity (Wildman–Crippen MR) is 127 cm³/mol. The molecule has 0 fully saturated rings. The number of hydrogen-bond acceptors (Lipinski definition) is 5. The second-order valence-corrected chi connectivity index (χ2v) is 9.34. The fraction of sp³-hybridized carbons (Fsp3) is 0.208. The number of sulfonamides is 1. The van der Waals surface area contributed by atoms with Crippen molar-refractivity contribution in [2.75, 3.05) is 0 Å². The number of nitrogens with one attached hydrogen (secondary N) is 1. The first-order chi connectivity index (χ1) is 16.3. The minimum absolute atomic E-state index is 0.254. The monoisotopic (exact) mass is 481 g/mol. The minimum Gasteiger partial charge on any atom is -0.345 e. The zero-order valence-corrected chi connectivity index (χ0v) is 19.3. The van der Waals surface area contributed by atoms with Crippen LogP contribution in [-0.4, -0.2) is 29.1 Å². The zero-order valence-electron chi connectivity index (χ0n) is 18.5. The molecule has 0 aliphatic heterocycles. The molecule has 1 aliphatic carbocycles. The number of nitrogens with two attached hydrogens (primary N) is 1. The average Bonchev–Trinajstić information content (AvgIpc) is 3.20. The van der Waals surface area contributed by atoms with Crippen LogP contribution in [0.2, 0.25) is 0 Å². The van der Waals surface area contributed by atoms with E-state index in [9.17, 15) is 17.6 Å². The molecule has 0 saturated carbocycles. The van der Waals surface area contributed by atoms with Gasteiger partial charge in [0, 0.05) is 17.3 Å². The lowest BCUT2D eigenvalue weighted by Gasteiger charge is -2.19. The number of hydrogen-bond donors (Lipinski definition) is 2. The van der Waals surface area contributed by atoms with Crippen molar-refractivity contribution < 1.29 is 17.6 Å². The van der Waals surface area contributed by atoms with Gasteiger partial charge in [-0.1, -0.05) is 19.1 Å². The molecule has 1 aliphatic rings. The molecule has 8 nitrogen and oxygen atoms in total. The van der Waals surface area contributed by atoms with Crippen molar-refractivity contribution in [3.8, 4) is 5.69 Å². The van der Waals surface area contributed by atoms with Crippen LogP contribution < -0.4 is 10.5 Å². The second kappa shape index (κ2) is 9.70. The van der Waals surface area contributed by atoms with E-state index in [1.807, 2.05) is 25.2 Å². The van der Waals surface area contributed by atoms with E-state index >= 15 is 0 Å². The third kappa shape index (κ3) is 4.97. The van der Waals surface area contributed by atoms with Gasteiger partial charge in [0.15, 0.2) is 5.03 Å². The van der Waals surface area contributed by atoms with Crippen LogP contribution in [0, 0.1) is 5.82 Å². The van der Waals surface area contributed by atoms with Gasteiger partial charge in [-0.05, 0) is 67.3 Å². The summed E-state index contributed by atoms with van der Waals surface area (Å²) in [5.41, 5.74) is 3.08. The van der Waals surface area contributed by atoms with Gasteiger partial charge in [0.1, 0.15) is 5.82 Å². The summed E-state index contributed by atoms with van der Waals surface area (Å²) in [6, 6.07) is 8.53. The van der Waals surface area contributed by atoms with Gasteiger partial charge in [-0.3, -0.25) is 4.79 Å². The number of amides is 1. The van der Waals surface area contributed by atoms with Crippen molar-refractivity contribution in [1.29, 1.82) is 0 Å². The van der Waals surface area contributed by atoms with Gasteiger partial charge in [-0.25, -0.2) is 27.6 Å². The number of rotatable bonds is 6. The van der Waals surface area contributed by atoms with E-state index in [0.29, 0.717) is 40.9 Å². The summed E-state index contributed by atoms with van der Waals surface area (Å²) in [5, 5.41) is 12.4. The molecule has 10 heteroatoms. The molecule has 0 bridgehead atoms. The lowest BCUT2D eigenvalue weighted by Crippen LogP contribution is -2.29. The predicted octanol–water partition coefficient (Wildman–Crippen LogP) is 3.51. The molecule has 1 amide bonds. The number of halogens is 1. The molecule has 2 heterocycles. The van der Waals surface area contributed by atoms with Crippen molar-refractivity contribution in [1.82, 2.24) is 20.1 Å². The third-order valence-corrected chi connectivity index (χ3v) is 6.34. The molecule has 1 unspecified atom stereocenters. The van der Waals surface area contributed by atoms with Crippen LogP contribution >= 0.6 is 0 Å². The summed E-state index contributed by atoms with van der Waals surface area (Å²) < 4.78 is 38.4. The molecule has 3 aromatic rings. The maximum absolute atomic E-state index is 13.4. The van der Waals surface area contributed by atoms with Crippen LogP contribution in [0.1, 0.15) is 49.0 Å². The lowest BCUT2D eigenvalue weighted by atomic mass is 9.99. The van der Waals surface area contributed by atoms with Crippen molar-refractivity contribution in [3.63, 3.8) is 0 Å². The molecule has 3 N–H and O–H groups in total. The molecule has 0 radical (unpaired) electrons. The average molecular weight is 482 g/mol. The summed E-state index contributed by atoms with van der Waals surface area (Å²) >= 11 is 0. The maximum Gasteiger partial charge on any atom is 0.255 e. The van der Waals surface area contributed by atoms with Crippen molar-refractivity contribution in [3.05, 3.63) is 83.6 Å². The normalized spacial score (nSPS) is 14.5. The number of pyridine rings is 1. The number of fused-ring (bicyclic) bond motifs is 1. The molecular formula is C24H24FN5O3S. The summed E-state index contributed by atoms with van der Waals surface area (Å²) in [4.78, 5) is 17.2. The first-order valence-corrected chi connectivity index (χ1v) is 12.3. The zero-order chi connectivity index (χ0) is 24.3. The first kappa shape index (κ1) is 23.5. The smallest absolute Gasteiger partial charge is 0.255 e. The minimum atomic E-state index is -3.97. The highest BCUT2D eigenvalue weighted by molar-refractivity contribution is 7.89. The van der Waals surface area contributed by atoms with Crippen molar-refractivity contribution >= 4 is 27.6 Å². The number of allylic oxidation sites excluding steroid dienone is 2. The molecule has 1 atom stereocenters. The molecule has 0 saturated heterocycles. The Morgan fingerprint density at radius 1 is 1.24 bits per heavy atom. The van der Waals surface area contributed by atoms with Crippen LogP contribution in [0.3, 0.4) is 0 Å². The Balaban J connectivity index is 1.66. The first-order valence-electron chi connectivity index (χ1n) is 10.8. The van der Waals surface area contributed by atoms with Crippen LogP contribution in [0.5, 0.6) is 0 Å². The fourth-order valence-electron chi connectivity index (χ4n) is 3.81. The van der Waals surface area contributed by atoms with Gasteiger partial charge in [0.05, 0.1) is 23.6 Å². The van der Waals surface area contributed by atoms with Gasteiger partial charge in [0.25, 0.3) is 15.9 Å².